The minimum absolute atomic E-state index is 0.0541. The standard InChI is InChI=1S/C13H16ClF3N2O/c1-3-7(2)11(18)12(20)19-10-5-4-8(14)6-9(10)13(15,16)17/h4-7,11H,3,18H2,1-2H3,(H,19,20)/t7-,11-/m0/s1. The van der Waals surface area contributed by atoms with E-state index < -0.39 is 23.7 Å². The van der Waals surface area contributed by atoms with Crippen LogP contribution in [-0.2, 0) is 11.0 Å². The molecule has 0 aliphatic heterocycles. The summed E-state index contributed by atoms with van der Waals surface area (Å²) in [6.45, 7) is 3.61. The number of nitrogens with one attached hydrogen (secondary N) is 1. The topological polar surface area (TPSA) is 55.1 Å². The van der Waals surface area contributed by atoms with Gasteiger partial charge in [0.15, 0.2) is 0 Å². The summed E-state index contributed by atoms with van der Waals surface area (Å²) in [5, 5.41) is 2.16. The third-order valence-electron chi connectivity index (χ3n) is 3.10. The number of hydrogen-bond acceptors (Lipinski definition) is 2. The third-order valence-corrected chi connectivity index (χ3v) is 3.34. The molecule has 1 amide bonds. The van der Waals surface area contributed by atoms with Gasteiger partial charge in [0, 0.05) is 5.02 Å². The van der Waals surface area contributed by atoms with Crippen molar-refractivity contribution in [2.45, 2.75) is 32.5 Å². The highest BCUT2D eigenvalue weighted by atomic mass is 35.5. The van der Waals surface area contributed by atoms with E-state index >= 15 is 0 Å². The lowest BCUT2D eigenvalue weighted by Gasteiger charge is -2.20. The van der Waals surface area contributed by atoms with Gasteiger partial charge in [-0.15, -0.1) is 0 Å². The largest absolute Gasteiger partial charge is 0.418 e. The molecule has 7 heteroatoms. The molecule has 0 saturated carbocycles. The van der Waals surface area contributed by atoms with E-state index in [1.54, 1.807) is 6.92 Å². The molecule has 112 valence electrons. The molecule has 0 spiro atoms. The smallest absolute Gasteiger partial charge is 0.324 e. The van der Waals surface area contributed by atoms with Gasteiger partial charge in [0.05, 0.1) is 17.3 Å². The molecule has 0 aliphatic carbocycles. The molecule has 0 radical (unpaired) electrons. The molecule has 0 fully saturated rings. The highest BCUT2D eigenvalue weighted by Gasteiger charge is 2.34. The first kappa shape index (κ1) is 16.8. The van der Waals surface area contributed by atoms with Gasteiger partial charge in [-0.3, -0.25) is 4.79 Å². The average molecular weight is 309 g/mol. The Bertz CT molecular complexity index is 491. The van der Waals surface area contributed by atoms with Crippen molar-refractivity contribution < 1.29 is 18.0 Å². The quantitative estimate of drug-likeness (QED) is 0.891. The number of halogens is 4. The second-order valence-corrected chi connectivity index (χ2v) is 5.02. The molecule has 0 saturated heterocycles. The van der Waals surface area contributed by atoms with E-state index in [1.165, 1.54) is 6.07 Å². The fraction of sp³-hybridized carbons (Fsp3) is 0.462. The summed E-state index contributed by atoms with van der Waals surface area (Å²) >= 11 is 5.56. The van der Waals surface area contributed by atoms with Gasteiger partial charge in [0.25, 0.3) is 0 Å². The lowest BCUT2D eigenvalue weighted by atomic mass is 9.99. The molecule has 3 nitrogen and oxygen atoms in total. The minimum Gasteiger partial charge on any atom is -0.324 e. The zero-order valence-corrected chi connectivity index (χ0v) is 11.8. The van der Waals surface area contributed by atoms with Crippen molar-refractivity contribution in [3.8, 4) is 0 Å². The summed E-state index contributed by atoms with van der Waals surface area (Å²) in [7, 11) is 0. The Hall–Kier alpha value is -1.27. The highest BCUT2D eigenvalue weighted by molar-refractivity contribution is 6.30. The molecular formula is C13H16ClF3N2O. The monoisotopic (exact) mass is 308 g/mol. The fourth-order valence-electron chi connectivity index (χ4n) is 1.59. The van der Waals surface area contributed by atoms with Crippen LogP contribution in [-0.4, -0.2) is 11.9 Å². The minimum atomic E-state index is -4.60. The Balaban J connectivity index is 3.01. The predicted molar refractivity (Wildman–Crippen MR) is 72.5 cm³/mol. The van der Waals surface area contributed by atoms with Gasteiger partial charge in [-0.25, -0.2) is 0 Å². The molecule has 0 bridgehead atoms. The van der Waals surface area contributed by atoms with Crippen molar-refractivity contribution in [2.75, 3.05) is 5.32 Å². The van der Waals surface area contributed by atoms with Gasteiger partial charge in [0.1, 0.15) is 0 Å². The second kappa shape index (κ2) is 6.45. The normalized spacial score (nSPS) is 14.8. The van der Waals surface area contributed by atoms with Crippen LogP contribution in [0.2, 0.25) is 5.02 Å². The number of anilines is 1. The van der Waals surface area contributed by atoms with E-state index in [0.29, 0.717) is 6.42 Å². The maximum absolute atomic E-state index is 12.9. The van der Waals surface area contributed by atoms with Crippen LogP contribution >= 0.6 is 11.6 Å². The van der Waals surface area contributed by atoms with E-state index in [4.69, 9.17) is 17.3 Å². The summed E-state index contributed by atoms with van der Waals surface area (Å²) in [4.78, 5) is 11.8. The molecule has 1 aromatic rings. The fourth-order valence-corrected chi connectivity index (χ4v) is 1.76. The van der Waals surface area contributed by atoms with E-state index in [0.717, 1.165) is 12.1 Å². The SMILES string of the molecule is CC[C@H](C)[C@H](N)C(=O)Nc1ccc(Cl)cc1C(F)(F)F. The van der Waals surface area contributed by atoms with Crippen LogP contribution in [0.5, 0.6) is 0 Å². The lowest BCUT2D eigenvalue weighted by Crippen LogP contribution is -2.41. The Morgan fingerprint density at radius 2 is 2.05 bits per heavy atom. The van der Waals surface area contributed by atoms with Crippen molar-refractivity contribution in [2.24, 2.45) is 11.7 Å². The van der Waals surface area contributed by atoms with E-state index in [9.17, 15) is 18.0 Å². The maximum Gasteiger partial charge on any atom is 0.418 e. The molecule has 1 rings (SSSR count). The molecule has 0 heterocycles. The van der Waals surface area contributed by atoms with Crippen LogP contribution in [0.15, 0.2) is 18.2 Å². The first-order chi connectivity index (χ1) is 9.16. The maximum atomic E-state index is 12.9. The van der Waals surface area contributed by atoms with Crippen molar-refractivity contribution in [1.29, 1.82) is 0 Å². The van der Waals surface area contributed by atoms with Gasteiger partial charge in [0.2, 0.25) is 5.91 Å². The van der Waals surface area contributed by atoms with Gasteiger partial charge in [-0.2, -0.15) is 13.2 Å². The summed E-state index contributed by atoms with van der Waals surface area (Å²) in [6, 6.07) is 2.30. The number of benzene rings is 1. The molecule has 0 unspecified atom stereocenters. The predicted octanol–water partition coefficient (Wildman–Crippen LogP) is 3.67. The Kier molecular flexibility index (Phi) is 5.42. The van der Waals surface area contributed by atoms with Crippen LogP contribution in [0.3, 0.4) is 0 Å². The van der Waals surface area contributed by atoms with Crippen LogP contribution in [0.1, 0.15) is 25.8 Å². The Morgan fingerprint density at radius 1 is 1.45 bits per heavy atom. The Morgan fingerprint density at radius 3 is 2.55 bits per heavy atom. The number of rotatable bonds is 4. The number of alkyl halides is 3. The van der Waals surface area contributed by atoms with Crippen LogP contribution in [0, 0.1) is 5.92 Å². The second-order valence-electron chi connectivity index (χ2n) is 4.59. The molecule has 0 aromatic heterocycles. The molecule has 0 aliphatic rings. The van der Waals surface area contributed by atoms with E-state index in [1.807, 2.05) is 6.92 Å². The summed E-state index contributed by atoms with van der Waals surface area (Å²) in [5.41, 5.74) is 4.36. The van der Waals surface area contributed by atoms with Crippen LogP contribution in [0.25, 0.3) is 0 Å². The zero-order valence-electron chi connectivity index (χ0n) is 11.1. The first-order valence-electron chi connectivity index (χ1n) is 6.10. The molecule has 3 N–H and O–H groups in total. The number of carbonyl (C=O) groups is 1. The van der Waals surface area contributed by atoms with Crippen LogP contribution in [0.4, 0.5) is 18.9 Å². The zero-order chi connectivity index (χ0) is 15.5. The summed E-state index contributed by atoms with van der Waals surface area (Å²) in [6.07, 6.45) is -3.95. The molecule has 20 heavy (non-hydrogen) atoms. The number of carbonyl (C=O) groups excluding carboxylic acids is 1. The summed E-state index contributed by atoms with van der Waals surface area (Å²) < 4.78 is 38.6. The number of hydrogen-bond donors (Lipinski definition) is 2. The molecule has 2 atom stereocenters. The average Bonchev–Trinajstić information content (AvgIpc) is 2.37. The van der Waals surface area contributed by atoms with Crippen molar-refractivity contribution in [1.82, 2.24) is 0 Å². The highest BCUT2D eigenvalue weighted by Crippen LogP contribution is 2.36. The van der Waals surface area contributed by atoms with Gasteiger partial charge in [-0.05, 0) is 24.1 Å². The first-order valence-corrected chi connectivity index (χ1v) is 6.47. The van der Waals surface area contributed by atoms with Crippen molar-refractivity contribution in [3.63, 3.8) is 0 Å². The van der Waals surface area contributed by atoms with Crippen molar-refractivity contribution in [3.05, 3.63) is 28.8 Å². The van der Waals surface area contributed by atoms with E-state index in [-0.39, 0.29) is 16.6 Å². The Labute approximate surface area is 120 Å². The van der Waals surface area contributed by atoms with Crippen molar-refractivity contribution >= 4 is 23.2 Å². The molecular weight excluding hydrogens is 293 g/mol. The number of amides is 1. The van der Waals surface area contributed by atoms with Gasteiger partial charge in [-0.1, -0.05) is 31.9 Å². The van der Waals surface area contributed by atoms with E-state index in [2.05, 4.69) is 5.32 Å². The van der Waals surface area contributed by atoms with Crippen LogP contribution < -0.4 is 11.1 Å². The lowest BCUT2D eigenvalue weighted by molar-refractivity contribution is -0.137. The van der Waals surface area contributed by atoms with Gasteiger partial charge < -0.3 is 11.1 Å². The number of nitrogens with two attached hydrogens (primary N) is 1. The molecule has 1 aromatic carbocycles. The van der Waals surface area contributed by atoms with Gasteiger partial charge >= 0.3 is 6.18 Å². The summed E-state index contributed by atoms with van der Waals surface area (Å²) in [5.74, 6) is -0.774. The third kappa shape index (κ3) is 4.11.